The maximum absolute atomic E-state index is 12.7. The van der Waals surface area contributed by atoms with E-state index < -0.39 is 22.0 Å². The number of carbonyl (C=O) groups is 1. The Bertz CT molecular complexity index is 1050. The Hall–Kier alpha value is -2.91. The number of furan rings is 1. The molecule has 0 aliphatic rings. The number of aryl methyl sites for hydroxylation is 2. The van der Waals surface area contributed by atoms with E-state index in [0.29, 0.717) is 5.76 Å². The van der Waals surface area contributed by atoms with Crippen LogP contribution < -0.4 is 4.72 Å². The van der Waals surface area contributed by atoms with E-state index in [9.17, 15) is 13.2 Å². The van der Waals surface area contributed by atoms with Crippen LogP contribution in [0, 0.1) is 13.8 Å². The molecule has 28 heavy (non-hydrogen) atoms. The molecule has 0 aliphatic carbocycles. The van der Waals surface area contributed by atoms with Gasteiger partial charge in [0, 0.05) is 12.2 Å². The second-order valence-corrected chi connectivity index (χ2v) is 8.04. The highest BCUT2D eigenvalue weighted by Crippen LogP contribution is 2.21. The number of aromatic nitrogens is 2. The van der Waals surface area contributed by atoms with Crippen molar-refractivity contribution in [1.29, 1.82) is 0 Å². The number of methoxy groups -OCH3 is 1. The van der Waals surface area contributed by atoms with Crippen molar-refractivity contribution in [3.8, 4) is 0 Å². The first kappa shape index (κ1) is 19.8. The highest BCUT2D eigenvalue weighted by molar-refractivity contribution is 7.89. The van der Waals surface area contributed by atoms with Crippen molar-refractivity contribution < 1.29 is 22.4 Å². The number of nitrogens with one attached hydrogen (secondary N) is 1. The number of carbonyl (C=O) groups excluding carboxylic acids is 1. The molecule has 8 nitrogen and oxygen atoms in total. The average Bonchev–Trinajstić information content (AvgIpc) is 3.31. The molecule has 0 fully saturated rings. The van der Waals surface area contributed by atoms with Crippen LogP contribution in [0.25, 0.3) is 0 Å². The van der Waals surface area contributed by atoms with Crippen molar-refractivity contribution in [1.82, 2.24) is 14.5 Å². The third-order valence-electron chi connectivity index (χ3n) is 4.26. The van der Waals surface area contributed by atoms with Gasteiger partial charge in [0.15, 0.2) is 0 Å². The van der Waals surface area contributed by atoms with Crippen molar-refractivity contribution in [3.63, 3.8) is 0 Å². The van der Waals surface area contributed by atoms with Gasteiger partial charge in [0.25, 0.3) is 0 Å². The highest BCUT2D eigenvalue weighted by atomic mass is 32.2. The molecule has 9 heteroatoms. The van der Waals surface area contributed by atoms with Gasteiger partial charge >= 0.3 is 5.97 Å². The van der Waals surface area contributed by atoms with E-state index >= 15 is 0 Å². The smallest absolute Gasteiger partial charge is 0.337 e. The number of nitrogens with zero attached hydrogens (tertiary/aromatic N) is 2. The Morgan fingerprint density at radius 3 is 2.50 bits per heavy atom. The van der Waals surface area contributed by atoms with Gasteiger partial charge in [-0.15, -0.1) is 0 Å². The van der Waals surface area contributed by atoms with Crippen LogP contribution in [0.3, 0.4) is 0 Å². The second-order valence-electron chi connectivity index (χ2n) is 6.27. The molecule has 0 saturated carbocycles. The Labute approximate surface area is 163 Å². The first-order chi connectivity index (χ1) is 13.3. The Morgan fingerprint density at radius 2 is 1.96 bits per heavy atom. The van der Waals surface area contributed by atoms with Gasteiger partial charge in [-0.25, -0.2) is 17.9 Å². The third-order valence-corrected chi connectivity index (χ3v) is 5.70. The molecule has 2 aromatic heterocycles. The van der Waals surface area contributed by atoms with Gasteiger partial charge in [0.05, 0.1) is 29.5 Å². The van der Waals surface area contributed by atoms with Crippen LogP contribution in [0.5, 0.6) is 0 Å². The molecule has 0 radical (unpaired) electrons. The molecule has 0 amide bonds. The van der Waals surface area contributed by atoms with Crippen LogP contribution in [0.15, 0.2) is 58.0 Å². The van der Waals surface area contributed by atoms with Gasteiger partial charge < -0.3 is 9.15 Å². The fraction of sp³-hybridized carbons (Fsp3) is 0.263. The van der Waals surface area contributed by atoms with Crippen LogP contribution in [-0.2, 0) is 14.8 Å². The quantitative estimate of drug-likeness (QED) is 0.608. The monoisotopic (exact) mass is 403 g/mol. The normalized spacial score (nSPS) is 12.7. The van der Waals surface area contributed by atoms with E-state index in [1.807, 2.05) is 19.9 Å². The molecule has 0 bridgehead atoms. The largest absolute Gasteiger partial charge is 0.467 e. The number of hydrogen-bond acceptors (Lipinski definition) is 6. The molecule has 148 valence electrons. The lowest BCUT2D eigenvalue weighted by Crippen LogP contribution is -2.32. The van der Waals surface area contributed by atoms with Crippen LogP contribution in [0.4, 0.5) is 0 Å². The number of esters is 1. The van der Waals surface area contributed by atoms with E-state index in [-0.39, 0.29) is 17.0 Å². The summed E-state index contributed by atoms with van der Waals surface area (Å²) in [5.74, 6) is 0.0641. The molecule has 3 rings (SSSR count). The average molecular weight is 403 g/mol. The molecule has 1 N–H and O–H groups in total. The summed E-state index contributed by atoms with van der Waals surface area (Å²) in [5.41, 5.74) is 1.99. The lowest BCUT2D eigenvalue weighted by atomic mass is 10.2. The molecular formula is C19H21N3O5S. The predicted octanol–water partition coefficient (Wildman–Crippen LogP) is 2.45. The summed E-state index contributed by atoms with van der Waals surface area (Å²) in [7, 11) is -2.53. The Morgan fingerprint density at radius 1 is 1.25 bits per heavy atom. The van der Waals surface area contributed by atoms with E-state index in [1.54, 1.807) is 16.8 Å². The summed E-state index contributed by atoms with van der Waals surface area (Å²) in [6, 6.07) is 10.5. The van der Waals surface area contributed by atoms with E-state index in [4.69, 9.17) is 4.42 Å². The number of sulfonamides is 1. The Kier molecular flexibility index (Phi) is 5.66. The van der Waals surface area contributed by atoms with Gasteiger partial charge in [-0.05, 0) is 56.3 Å². The summed E-state index contributed by atoms with van der Waals surface area (Å²) >= 11 is 0. The van der Waals surface area contributed by atoms with Crippen LogP contribution in [0.1, 0.15) is 33.5 Å². The third kappa shape index (κ3) is 4.15. The molecule has 0 saturated heterocycles. The standard InChI is InChI=1S/C19H21N3O5S/c1-13-11-14(2)22(21-13)17(18-5-4-10-27-18)12-20-28(24,25)16-8-6-15(7-9-16)19(23)26-3/h4-11,17,20H,12H2,1-3H3. The van der Waals surface area contributed by atoms with Crippen molar-refractivity contribution in [2.75, 3.05) is 13.7 Å². The summed E-state index contributed by atoms with van der Waals surface area (Å²) < 4.78 is 39.8. The lowest BCUT2D eigenvalue weighted by molar-refractivity contribution is 0.0600. The summed E-state index contributed by atoms with van der Waals surface area (Å²) in [4.78, 5) is 11.6. The van der Waals surface area contributed by atoms with Crippen LogP contribution in [0.2, 0.25) is 0 Å². The first-order valence-electron chi connectivity index (χ1n) is 8.56. The summed E-state index contributed by atoms with van der Waals surface area (Å²) in [6.07, 6.45) is 1.54. The molecule has 3 aromatic rings. The number of ether oxygens (including phenoxy) is 1. The summed E-state index contributed by atoms with van der Waals surface area (Å²) in [5, 5.41) is 4.45. The molecule has 1 aromatic carbocycles. The zero-order valence-corrected chi connectivity index (χ0v) is 16.6. The first-order valence-corrected chi connectivity index (χ1v) is 10.0. The maximum atomic E-state index is 12.7. The predicted molar refractivity (Wildman–Crippen MR) is 102 cm³/mol. The molecule has 0 aliphatic heterocycles. The SMILES string of the molecule is COC(=O)c1ccc(S(=O)(=O)NCC(c2ccco2)n2nc(C)cc2C)cc1. The number of hydrogen-bond donors (Lipinski definition) is 1. The van der Waals surface area contributed by atoms with Gasteiger partial charge in [-0.2, -0.15) is 5.10 Å². The van der Waals surface area contributed by atoms with Crippen molar-refractivity contribution in [2.24, 2.45) is 0 Å². The van der Waals surface area contributed by atoms with Crippen molar-refractivity contribution >= 4 is 16.0 Å². The molecule has 0 spiro atoms. The minimum absolute atomic E-state index is 0.0479. The highest BCUT2D eigenvalue weighted by Gasteiger charge is 2.23. The Balaban J connectivity index is 1.82. The fourth-order valence-electron chi connectivity index (χ4n) is 2.91. The van der Waals surface area contributed by atoms with Crippen molar-refractivity contribution in [2.45, 2.75) is 24.8 Å². The van der Waals surface area contributed by atoms with Gasteiger partial charge in [-0.3, -0.25) is 4.68 Å². The van der Waals surface area contributed by atoms with E-state index in [1.165, 1.54) is 37.6 Å². The lowest BCUT2D eigenvalue weighted by Gasteiger charge is -2.18. The van der Waals surface area contributed by atoms with Crippen molar-refractivity contribution in [3.05, 3.63) is 71.4 Å². The molecule has 2 heterocycles. The second kappa shape index (κ2) is 7.99. The van der Waals surface area contributed by atoms with E-state index in [0.717, 1.165) is 11.4 Å². The summed E-state index contributed by atoms with van der Waals surface area (Å²) in [6.45, 7) is 3.82. The minimum Gasteiger partial charge on any atom is -0.467 e. The fourth-order valence-corrected chi connectivity index (χ4v) is 3.95. The molecule has 1 atom stereocenters. The maximum Gasteiger partial charge on any atom is 0.337 e. The van der Waals surface area contributed by atoms with Gasteiger partial charge in [0.2, 0.25) is 10.0 Å². The van der Waals surface area contributed by atoms with Gasteiger partial charge in [-0.1, -0.05) is 0 Å². The zero-order valence-electron chi connectivity index (χ0n) is 15.7. The zero-order chi connectivity index (χ0) is 20.3. The van der Waals surface area contributed by atoms with Crippen LogP contribution >= 0.6 is 0 Å². The minimum atomic E-state index is -3.79. The van der Waals surface area contributed by atoms with E-state index in [2.05, 4.69) is 14.6 Å². The van der Waals surface area contributed by atoms with Gasteiger partial charge in [0.1, 0.15) is 11.8 Å². The topological polar surface area (TPSA) is 103 Å². The van der Waals surface area contributed by atoms with Crippen LogP contribution in [-0.4, -0.2) is 37.8 Å². The molecule has 1 unspecified atom stereocenters. The number of benzene rings is 1. The number of rotatable bonds is 7. The molecular weight excluding hydrogens is 382 g/mol.